The molecule has 0 saturated carbocycles. The monoisotopic (exact) mass is 404 g/mol. The second-order valence-electron chi connectivity index (χ2n) is 4.43. The highest BCUT2D eigenvalue weighted by atomic mass is 79.9. The predicted molar refractivity (Wildman–Crippen MR) is 88.0 cm³/mol. The third-order valence-corrected chi connectivity index (χ3v) is 3.53. The molecule has 2 N–H and O–H groups in total. The lowest BCUT2D eigenvalue weighted by Gasteiger charge is -2.10. The van der Waals surface area contributed by atoms with Crippen molar-refractivity contribution in [3.8, 4) is 5.75 Å². The summed E-state index contributed by atoms with van der Waals surface area (Å²) in [6, 6.07) is 7.82. The molecular formula is C15H12BrClF2N2O2. The molecule has 0 unspecified atom stereocenters. The number of carbonyl (C=O) groups excluding carboxylic acids is 1. The average Bonchev–Trinajstić information content (AvgIpc) is 2.50. The van der Waals surface area contributed by atoms with Gasteiger partial charge in [0.2, 0.25) is 0 Å². The first-order chi connectivity index (χ1) is 11.0. The molecule has 8 heteroatoms. The third-order valence-electron chi connectivity index (χ3n) is 2.73. The summed E-state index contributed by atoms with van der Waals surface area (Å²) < 4.78 is 31.7. The summed E-state index contributed by atoms with van der Waals surface area (Å²) in [6.07, 6.45) is 0. The van der Waals surface area contributed by atoms with Gasteiger partial charge in [0.25, 0.3) is 0 Å². The van der Waals surface area contributed by atoms with E-state index in [9.17, 15) is 13.6 Å². The Bertz CT molecular complexity index is 716. The SMILES string of the molecule is O=C(NCCOc1ccc(F)c(F)c1)Nc1ccc(Br)cc1Cl. The van der Waals surface area contributed by atoms with Gasteiger partial charge in [-0.2, -0.15) is 0 Å². The molecule has 2 rings (SSSR count). The summed E-state index contributed by atoms with van der Waals surface area (Å²) >= 11 is 9.25. The number of anilines is 1. The molecule has 0 fully saturated rings. The van der Waals surface area contributed by atoms with Crippen LogP contribution < -0.4 is 15.4 Å². The molecule has 0 heterocycles. The van der Waals surface area contributed by atoms with Crippen LogP contribution in [-0.2, 0) is 0 Å². The lowest BCUT2D eigenvalue weighted by Crippen LogP contribution is -2.32. The molecule has 0 spiro atoms. The molecule has 2 aromatic rings. The van der Waals surface area contributed by atoms with Gasteiger partial charge in [-0.1, -0.05) is 27.5 Å². The number of hydrogen-bond donors (Lipinski definition) is 2. The van der Waals surface area contributed by atoms with E-state index in [4.69, 9.17) is 16.3 Å². The number of rotatable bonds is 5. The van der Waals surface area contributed by atoms with E-state index in [2.05, 4.69) is 26.6 Å². The third kappa shape index (κ3) is 5.37. The maximum atomic E-state index is 13.0. The van der Waals surface area contributed by atoms with E-state index in [-0.39, 0.29) is 18.9 Å². The van der Waals surface area contributed by atoms with Crippen LogP contribution in [0.3, 0.4) is 0 Å². The van der Waals surface area contributed by atoms with Crippen molar-refractivity contribution in [2.75, 3.05) is 18.5 Å². The van der Waals surface area contributed by atoms with Gasteiger partial charge in [-0.05, 0) is 30.3 Å². The molecule has 0 atom stereocenters. The molecule has 0 aliphatic rings. The number of ether oxygens (including phenoxy) is 1. The van der Waals surface area contributed by atoms with Crippen molar-refractivity contribution in [1.82, 2.24) is 5.32 Å². The van der Waals surface area contributed by atoms with Gasteiger partial charge in [-0.3, -0.25) is 0 Å². The molecular weight excluding hydrogens is 394 g/mol. The number of nitrogens with one attached hydrogen (secondary N) is 2. The van der Waals surface area contributed by atoms with E-state index >= 15 is 0 Å². The van der Waals surface area contributed by atoms with E-state index in [0.717, 1.165) is 16.6 Å². The molecule has 0 aliphatic carbocycles. The van der Waals surface area contributed by atoms with Crippen LogP contribution in [0.2, 0.25) is 5.02 Å². The van der Waals surface area contributed by atoms with Crippen molar-refractivity contribution in [2.24, 2.45) is 0 Å². The molecule has 4 nitrogen and oxygen atoms in total. The summed E-state index contributed by atoms with van der Waals surface area (Å²) in [5.41, 5.74) is 0.467. The van der Waals surface area contributed by atoms with E-state index in [0.29, 0.717) is 10.7 Å². The summed E-state index contributed by atoms with van der Waals surface area (Å²) in [5, 5.41) is 5.54. The molecule has 23 heavy (non-hydrogen) atoms. The van der Waals surface area contributed by atoms with Gasteiger partial charge in [-0.25, -0.2) is 13.6 Å². The Morgan fingerprint density at radius 2 is 1.96 bits per heavy atom. The molecule has 0 aliphatic heterocycles. The van der Waals surface area contributed by atoms with Crippen LogP contribution in [0, 0.1) is 11.6 Å². The first-order valence-electron chi connectivity index (χ1n) is 6.53. The van der Waals surface area contributed by atoms with Crippen LogP contribution in [0.1, 0.15) is 0 Å². The molecule has 2 aromatic carbocycles. The van der Waals surface area contributed by atoms with Crippen LogP contribution in [0.25, 0.3) is 0 Å². The largest absolute Gasteiger partial charge is 0.492 e. The highest BCUT2D eigenvalue weighted by molar-refractivity contribution is 9.10. The fourth-order valence-electron chi connectivity index (χ4n) is 1.66. The summed E-state index contributed by atoms with van der Waals surface area (Å²) in [5.74, 6) is -1.75. The number of halogens is 4. The standard InChI is InChI=1S/C15H12BrClF2N2O2/c16-9-1-4-14(11(17)7-9)21-15(22)20-5-6-23-10-2-3-12(18)13(19)8-10/h1-4,7-8H,5-6H2,(H2,20,21,22). The number of amides is 2. The Morgan fingerprint density at radius 1 is 1.17 bits per heavy atom. The molecule has 0 saturated heterocycles. The molecule has 0 aromatic heterocycles. The zero-order chi connectivity index (χ0) is 16.8. The minimum atomic E-state index is -0.988. The maximum absolute atomic E-state index is 13.0. The van der Waals surface area contributed by atoms with Crippen molar-refractivity contribution in [1.29, 1.82) is 0 Å². The Hall–Kier alpha value is -1.86. The van der Waals surface area contributed by atoms with Gasteiger partial charge in [-0.15, -0.1) is 0 Å². The average molecular weight is 406 g/mol. The summed E-state index contributed by atoms with van der Waals surface area (Å²) in [4.78, 5) is 11.7. The molecule has 0 radical (unpaired) electrons. The normalized spacial score (nSPS) is 10.3. The zero-order valence-electron chi connectivity index (χ0n) is 11.7. The van der Waals surface area contributed by atoms with Crippen molar-refractivity contribution >= 4 is 39.2 Å². The van der Waals surface area contributed by atoms with Crippen molar-refractivity contribution in [3.63, 3.8) is 0 Å². The molecule has 122 valence electrons. The first-order valence-corrected chi connectivity index (χ1v) is 7.70. The highest BCUT2D eigenvalue weighted by Gasteiger charge is 2.06. The second-order valence-corrected chi connectivity index (χ2v) is 5.75. The van der Waals surface area contributed by atoms with Gasteiger partial charge in [0.05, 0.1) is 17.3 Å². The second kappa shape index (κ2) is 8.12. The van der Waals surface area contributed by atoms with Crippen LogP contribution in [0.5, 0.6) is 5.75 Å². The predicted octanol–water partition coefficient (Wildman–Crippen LogP) is 4.58. The van der Waals surface area contributed by atoms with E-state index in [1.54, 1.807) is 18.2 Å². The van der Waals surface area contributed by atoms with E-state index in [1.807, 2.05) is 0 Å². The van der Waals surface area contributed by atoms with Crippen LogP contribution in [0.15, 0.2) is 40.9 Å². The van der Waals surface area contributed by atoms with Gasteiger partial charge in [0.1, 0.15) is 12.4 Å². The Morgan fingerprint density at radius 3 is 2.65 bits per heavy atom. The van der Waals surface area contributed by atoms with E-state index in [1.165, 1.54) is 6.07 Å². The number of benzene rings is 2. The fourth-order valence-corrected chi connectivity index (χ4v) is 2.38. The van der Waals surface area contributed by atoms with Crippen LogP contribution >= 0.6 is 27.5 Å². The maximum Gasteiger partial charge on any atom is 0.319 e. The fraction of sp³-hybridized carbons (Fsp3) is 0.133. The van der Waals surface area contributed by atoms with Gasteiger partial charge in [0.15, 0.2) is 11.6 Å². The molecule has 0 bridgehead atoms. The van der Waals surface area contributed by atoms with Gasteiger partial charge < -0.3 is 15.4 Å². The van der Waals surface area contributed by atoms with Crippen LogP contribution in [-0.4, -0.2) is 19.2 Å². The zero-order valence-corrected chi connectivity index (χ0v) is 14.0. The first kappa shape index (κ1) is 17.5. The molecule has 2 amide bonds. The Labute approximate surface area is 144 Å². The number of urea groups is 1. The Balaban J connectivity index is 1.75. The van der Waals surface area contributed by atoms with Gasteiger partial charge >= 0.3 is 6.03 Å². The summed E-state index contributed by atoms with van der Waals surface area (Å²) in [7, 11) is 0. The van der Waals surface area contributed by atoms with E-state index < -0.39 is 17.7 Å². The van der Waals surface area contributed by atoms with Crippen molar-refractivity contribution < 1.29 is 18.3 Å². The highest BCUT2D eigenvalue weighted by Crippen LogP contribution is 2.25. The summed E-state index contributed by atoms with van der Waals surface area (Å²) in [6.45, 7) is 0.283. The lowest BCUT2D eigenvalue weighted by atomic mass is 10.3. The number of carbonyl (C=O) groups is 1. The minimum Gasteiger partial charge on any atom is -0.492 e. The topological polar surface area (TPSA) is 50.4 Å². The van der Waals surface area contributed by atoms with Crippen LogP contribution in [0.4, 0.5) is 19.3 Å². The van der Waals surface area contributed by atoms with Crippen molar-refractivity contribution in [3.05, 3.63) is 57.5 Å². The minimum absolute atomic E-state index is 0.104. The van der Waals surface area contributed by atoms with Crippen molar-refractivity contribution in [2.45, 2.75) is 0 Å². The smallest absolute Gasteiger partial charge is 0.319 e. The Kier molecular flexibility index (Phi) is 6.18. The quantitative estimate of drug-likeness (QED) is 0.715. The number of hydrogen-bond acceptors (Lipinski definition) is 2. The van der Waals surface area contributed by atoms with Gasteiger partial charge in [0, 0.05) is 10.5 Å². The lowest BCUT2D eigenvalue weighted by molar-refractivity contribution is 0.247.